The van der Waals surface area contributed by atoms with Crippen LogP contribution in [0.3, 0.4) is 0 Å². The van der Waals surface area contributed by atoms with Crippen LogP contribution in [0, 0.1) is 0 Å². The molecule has 1 aromatic heterocycles. The van der Waals surface area contributed by atoms with Crippen molar-refractivity contribution in [2.45, 2.75) is 18.4 Å². The number of carbonyl (C=O) groups is 2. The number of aromatic nitrogens is 3. The number of ether oxygens (including phenoxy) is 1. The molecule has 2 rings (SSSR count). The number of likely N-dealkylation sites (N-methyl/N-ethyl adjacent to an activating group) is 1. The number of anilines is 2. The highest BCUT2D eigenvalue weighted by molar-refractivity contribution is 7.89. The normalized spacial score (nSPS) is 11.4. The third-order valence-electron chi connectivity index (χ3n) is 3.40. The van der Waals surface area contributed by atoms with E-state index < -0.39 is 22.5 Å². The first-order valence-electron chi connectivity index (χ1n) is 7.58. The van der Waals surface area contributed by atoms with Gasteiger partial charge in [-0.3, -0.25) is 9.59 Å². The lowest BCUT2D eigenvalue weighted by atomic mass is 10.2. The van der Waals surface area contributed by atoms with Crippen molar-refractivity contribution in [1.82, 2.24) is 19.3 Å². The van der Waals surface area contributed by atoms with Crippen molar-refractivity contribution >= 4 is 33.7 Å². The Morgan fingerprint density at radius 1 is 1.07 bits per heavy atom. The van der Waals surface area contributed by atoms with Gasteiger partial charge >= 0.3 is 5.97 Å². The molecule has 11 nitrogen and oxygen atoms in total. The molecule has 0 radical (unpaired) electrons. The zero-order valence-corrected chi connectivity index (χ0v) is 15.4. The summed E-state index contributed by atoms with van der Waals surface area (Å²) >= 11 is 0. The number of nitrogens with zero attached hydrogens (tertiary/aromatic N) is 4. The first-order chi connectivity index (χ1) is 12.6. The first-order valence-corrected chi connectivity index (χ1v) is 9.02. The molecule has 0 unspecified atom stereocenters. The van der Waals surface area contributed by atoms with E-state index in [9.17, 15) is 18.0 Å². The Labute approximate surface area is 155 Å². The molecule has 1 heterocycles. The molecule has 0 bridgehead atoms. The lowest BCUT2D eigenvalue weighted by Crippen LogP contribution is -2.33. The predicted molar refractivity (Wildman–Crippen MR) is 94.7 cm³/mol. The molecule has 144 valence electrons. The first kappa shape index (κ1) is 20.2. The van der Waals surface area contributed by atoms with Crippen LogP contribution in [0.15, 0.2) is 29.2 Å². The number of benzene rings is 1. The van der Waals surface area contributed by atoms with Crippen LogP contribution in [0.2, 0.25) is 0 Å². The zero-order chi connectivity index (χ0) is 20.2. The maximum Gasteiger partial charge on any atom is 0.321 e. The Balaban J connectivity index is 2.00. The van der Waals surface area contributed by atoms with Gasteiger partial charge in [0.1, 0.15) is 6.54 Å². The number of esters is 1. The molecule has 0 aliphatic rings. The summed E-state index contributed by atoms with van der Waals surface area (Å²) in [6.45, 7) is 0.503. The molecule has 0 atom stereocenters. The summed E-state index contributed by atoms with van der Waals surface area (Å²) in [5.74, 6) is -1.21. The Hall–Kier alpha value is -3.12. The molecular formula is C15H18N6O5S. The predicted octanol–water partition coefficient (Wildman–Crippen LogP) is -0.397. The maximum absolute atomic E-state index is 12.5. The van der Waals surface area contributed by atoms with Gasteiger partial charge in [-0.2, -0.15) is 19.3 Å². The Bertz CT molecular complexity index is 941. The highest BCUT2D eigenvalue weighted by atomic mass is 32.2. The molecule has 4 N–H and O–H groups in total. The van der Waals surface area contributed by atoms with E-state index in [1.165, 1.54) is 38.2 Å². The van der Waals surface area contributed by atoms with Gasteiger partial charge in [0.2, 0.25) is 21.9 Å². The topological polar surface area (TPSA) is 171 Å². The molecule has 2 aromatic rings. The van der Waals surface area contributed by atoms with Crippen molar-refractivity contribution in [3.63, 3.8) is 0 Å². The van der Waals surface area contributed by atoms with E-state index in [2.05, 4.69) is 15.0 Å². The van der Waals surface area contributed by atoms with Crippen molar-refractivity contribution in [2.75, 3.05) is 25.1 Å². The third kappa shape index (κ3) is 5.18. The van der Waals surface area contributed by atoms with E-state index in [1.54, 1.807) is 0 Å². The van der Waals surface area contributed by atoms with E-state index in [0.717, 1.165) is 4.31 Å². The summed E-state index contributed by atoms with van der Waals surface area (Å²) in [5.41, 5.74) is 11.2. The summed E-state index contributed by atoms with van der Waals surface area (Å²) in [7, 11) is -2.70. The second kappa shape index (κ2) is 8.05. The number of carbonyl (C=O) groups excluding carboxylic acids is 2. The average Bonchev–Trinajstić information content (AvgIpc) is 2.59. The smallest absolute Gasteiger partial charge is 0.321 e. The Kier molecular flexibility index (Phi) is 6.02. The van der Waals surface area contributed by atoms with Crippen LogP contribution < -0.4 is 11.5 Å². The van der Waals surface area contributed by atoms with Crippen LogP contribution in [0.5, 0.6) is 0 Å². The summed E-state index contributed by atoms with van der Waals surface area (Å²) in [6.07, 6.45) is 0. The van der Waals surface area contributed by atoms with E-state index in [-0.39, 0.29) is 35.0 Å². The van der Waals surface area contributed by atoms with Crippen molar-refractivity contribution in [2.24, 2.45) is 0 Å². The molecule has 1 aromatic carbocycles. The van der Waals surface area contributed by atoms with Crippen molar-refractivity contribution < 1.29 is 22.7 Å². The van der Waals surface area contributed by atoms with E-state index in [0.29, 0.717) is 5.56 Å². The van der Waals surface area contributed by atoms with Crippen LogP contribution in [-0.2, 0) is 26.2 Å². The number of hydrogen-bond donors (Lipinski definition) is 2. The number of nitrogen functional groups attached to an aromatic ring is 2. The van der Waals surface area contributed by atoms with Crippen molar-refractivity contribution in [3.05, 3.63) is 35.7 Å². The van der Waals surface area contributed by atoms with Crippen LogP contribution in [0.4, 0.5) is 11.9 Å². The minimum absolute atomic E-state index is 0.0404. The summed E-state index contributed by atoms with van der Waals surface area (Å²) < 4.78 is 30.7. The SMILES string of the molecule is CC(=O)c1ccc(S(=O)(=O)N(C)CC(=O)OCc2nc(N)nc(N)n2)cc1. The standard InChI is InChI=1S/C15H18N6O5S/c1-9(22)10-3-5-11(6-4-10)27(24,25)21(2)7-13(23)26-8-12-18-14(16)20-15(17)19-12/h3-6H,7-8H2,1-2H3,(H4,16,17,18,19,20). The number of rotatable bonds is 7. The van der Waals surface area contributed by atoms with Crippen LogP contribution in [0.1, 0.15) is 23.1 Å². The number of sulfonamides is 1. The molecule has 0 spiro atoms. The molecule has 0 saturated carbocycles. The lowest BCUT2D eigenvalue weighted by Gasteiger charge is -2.16. The van der Waals surface area contributed by atoms with Gasteiger partial charge in [0, 0.05) is 12.6 Å². The molecule has 0 aliphatic carbocycles. The average molecular weight is 394 g/mol. The second-order valence-corrected chi connectivity index (χ2v) is 7.52. The van der Waals surface area contributed by atoms with Gasteiger partial charge in [-0.15, -0.1) is 0 Å². The molecule has 27 heavy (non-hydrogen) atoms. The Morgan fingerprint density at radius 3 is 2.15 bits per heavy atom. The molecule has 0 saturated heterocycles. The van der Waals surface area contributed by atoms with Gasteiger partial charge in [-0.05, 0) is 19.1 Å². The largest absolute Gasteiger partial charge is 0.456 e. The highest BCUT2D eigenvalue weighted by Gasteiger charge is 2.24. The van der Waals surface area contributed by atoms with E-state index >= 15 is 0 Å². The summed E-state index contributed by atoms with van der Waals surface area (Å²) in [5, 5.41) is 0. The minimum Gasteiger partial charge on any atom is -0.456 e. The number of nitrogens with two attached hydrogens (primary N) is 2. The molecular weight excluding hydrogens is 376 g/mol. The number of hydrogen-bond acceptors (Lipinski definition) is 10. The quantitative estimate of drug-likeness (QED) is 0.465. The van der Waals surface area contributed by atoms with Crippen LogP contribution in [0.25, 0.3) is 0 Å². The number of ketones is 1. The lowest BCUT2D eigenvalue weighted by molar-refractivity contribution is -0.145. The fourth-order valence-corrected chi connectivity index (χ4v) is 3.14. The van der Waals surface area contributed by atoms with Gasteiger partial charge in [0.15, 0.2) is 18.2 Å². The van der Waals surface area contributed by atoms with Gasteiger partial charge in [-0.1, -0.05) is 12.1 Å². The number of Topliss-reactive ketones (excluding diaryl/α,β-unsaturated/α-hetero) is 1. The van der Waals surface area contributed by atoms with E-state index in [4.69, 9.17) is 16.2 Å². The van der Waals surface area contributed by atoms with Crippen LogP contribution in [-0.4, -0.2) is 53.0 Å². The van der Waals surface area contributed by atoms with E-state index in [1.807, 2.05) is 0 Å². The Morgan fingerprint density at radius 2 is 1.63 bits per heavy atom. The third-order valence-corrected chi connectivity index (χ3v) is 5.22. The van der Waals surface area contributed by atoms with Crippen molar-refractivity contribution in [3.8, 4) is 0 Å². The second-order valence-electron chi connectivity index (χ2n) is 5.47. The monoisotopic (exact) mass is 394 g/mol. The summed E-state index contributed by atoms with van der Waals surface area (Å²) in [4.78, 5) is 34.2. The molecule has 0 aliphatic heterocycles. The molecule has 0 amide bonds. The van der Waals surface area contributed by atoms with Gasteiger partial charge < -0.3 is 16.2 Å². The summed E-state index contributed by atoms with van der Waals surface area (Å²) in [6, 6.07) is 5.39. The molecule has 0 fully saturated rings. The zero-order valence-electron chi connectivity index (χ0n) is 14.6. The highest BCUT2D eigenvalue weighted by Crippen LogP contribution is 2.15. The van der Waals surface area contributed by atoms with Gasteiger partial charge in [0.05, 0.1) is 4.90 Å². The minimum atomic E-state index is -3.93. The van der Waals surface area contributed by atoms with Gasteiger partial charge in [-0.25, -0.2) is 8.42 Å². The van der Waals surface area contributed by atoms with Crippen molar-refractivity contribution in [1.29, 1.82) is 0 Å². The van der Waals surface area contributed by atoms with Crippen LogP contribution >= 0.6 is 0 Å². The maximum atomic E-state index is 12.5. The fraction of sp³-hybridized carbons (Fsp3) is 0.267. The fourth-order valence-electron chi connectivity index (χ4n) is 2.02. The van der Waals surface area contributed by atoms with Gasteiger partial charge in [0.25, 0.3) is 0 Å². The molecule has 12 heteroatoms.